The molecule has 0 aliphatic rings. The zero-order chi connectivity index (χ0) is 8.91. The average Bonchev–Trinajstić information content (AvgIpc) is 1.86. The minimum absolute atomic E-state index is 0.0890. The molecule has 0 radical (unpaired) electrons. The van der Waals surface area contributed by atoms with Crippen molar-refractivity contribution < 1.29 is 13.2 Å². The van der Waals surface area contributed by atoms with Crippen molar-refractivity contribution in [1.29, 1.82) is 0 Å². The van der Waals surface area contributed by atoms with Gasteiger partial charge in [-0.15, -0.1) is 0 Å². The second-order valence-corrected chi connectivity index (χ2v) is 3.75. The summed E-state index contributed by atoms with van der Waals surface area (Å²) in [5.41, 5.74) is 0. The van der Waals surface area contributed by atoms with Crippen molar-refractivity contribution >= 4 is 28.0 Å². The molecule has 0 heterocycles. The van der Waals surface area contributed by atoms with Gasteiger partial charge in [-0.3, -0.25) is 9.52 Å². The van der Waals surface area contributed by atoms with Crippen LogP contribution in [0.15, 0.2) is 10.4 Å². The van der Waals surface area contributed by atoms with Crippen LogP contribution >= 0.6 is 11.6 Å². The maximum absolute atomic E-state index is 10.7. The first-order valence-electron chi connectivity index (χ1n) is 2.84. The van der Waals surface area contributed by atoms with Crippen LogP contribution in [0.5, 0.6) is 0 Å². The number of nitrogens with one attached hydrogen (secondary N) is 1. The molecular weight excluding hydrogens is 190 g/mol. The van der Waals surface area contributed by atoms with Crippen molar-refractivity contribution in [1.82, 2.24) is 4.72 Å². The van der Waals surface area contributed by atoms with Gasteiger partial charge in [-0.1, -0.05) is 18.5 Å². The zero-order valence-electron chi connectivity index (χ0n) is 5.87. The first kappa shape index (κ1) is 10.4. The molecule has 0 atom stereocenters. The van der Waals surface area contributed by atoms with Crippen molar-refractivity contribution in [2.45, 2.75) is 13.3 Å². The van der Waals surface area contributed by atoms with Gasteiger partial charge in [0.2, 0.25) is 6.41 Å². The Kier molecular flexibility index (Phi) is 4.14. The number of carbonyl (C=O) groups is 1. The molecule has 0 aliphatic heterocycles. The number of sulfonamides is 1. The smallest absolute Gasteiger partial charge is 0.258 e. The van der Waals surface area contributed by atoms with Crippen molar-refractivity contribution in [2.75, 3.05) is 0 Å². The van der Waals surface area contributed by atoms with E-state index in [1.54, 1.807) is 11.6 Å². The Morgan fingerprint density at radius 2 is 2.18 bits per heavy atom. The number of halogens is 1. The number of hydrogen-bond donors (Lipinski definition) is 1. The van der Waals surface area contributed by atoms with E-state index >= 15 is 0 Å². The highest BCUT2D eigenvalue weighted by Crippen LogP contribution is 2.07. The van der Waals surface area contributed by atoms with Gasteiger partial charge < -0.3 is 0 Å². The molecule has 0 aromatic heterocycles. The highest BCUT2D eigenvalue weighted by atomic mass is 35.5. The number of hydrogen-bond acceptors (Lipinski definition) is 3. The fraction of sp³-hybridized carbons (Fsp3) is 0.400. The first-order chi connectivity index (χ1) is 5.02. The summed E-state index contributed by atoms with van der Waals surface area (Å²) in [4.78, 5) is 9.73. The molecule has 0 rings (SSSR count). The standard InChI is InChI=1S/C5H8ClNO3S/c1-2-5(6)3-11(9,10)7-4-8/h3-4H,2H2,1H3,(H,7,8). The SMILES string of the molecule is CCC(Cl)=CS(=O)(=O)NC=O. The van der Waals surface area contributed by atoms with Crippen LogP contribution in [0.25, 0.3) is 0 Å². The van der Waals surface area contributed by atoms with E-state index in [1.165, 1.54) is 0 Å². The largest absolute Gasteiger partial charge is 0.278 e. The maximum atomic E-state index is 10.7. The summed E-state index contributed by atoms with van der Waals surface area (Å²) in [5.74, 6) is 0. The second-order valence-electron chi connectivity index (χ2n) is 1.70. The highest BCUT2D eigenvalue weighted by Gasteiger charge is 2.03. The molecule has 6 heteroatoms. The fourth-order valence-corrected chi connectivity index (χ4v) is 1.41. The zero-order valence-corrected chi connectivity index (χ0v) is 7.45. The van der Waals surface area contributed by atoms with Crippen LogP contribution in [0.4, 0.5) is 0 Å². The molecule has 1 N–H and O–H groups in total. The molecule has 1 amide bonds. The number of allylic oxidation sites excluding steroid dienone is 1. The third-order valence-corrected chi connectivity index (χ3v) is 2.36. The minimum atomic E-state index is -3.66. The summed E-state index contributed by atoms with van der Waals surface area (Å²) in [7, 11) is -3.66. The summed E-state index contributed by atoms with van der Waals surface area (Å²) >= 11 is 5.41. The molecule has 0 aromatic carbocycles. The molecule has 0 unspecified atom stereocenters. The van der Waals surface area contributed by atoms with E-state index in [0.717, 1.165) is 5.41 Å². The van der Waals surface area contributed by atoms with Crippen molar-refractivity contribution in [3.63, 3.8) is 0 Å². The van der Waals surface area contributed by atoms with Gasteiger partial charge in [0.05, 0.1) is 5.41 Å². The first-order valence-corrected chi connectivity index (χ1v) is 4.76. The van der Waals surface area contributed by atoms with Crippen LogP contribution in [0.3, 0.4) is 0 Å². The van der Waals surface area contributed by atoms with E-state index in [1.807, 2.05) is 0 Å². The van der Waals surface area contributed by atoms with E-state index in [-0.39, 0.29) is 11.4 Å². The molecule has 11 heavy (non-hydrogen) atoms. The Balaban J connectivity index is 4.47. The van der Waals surface area contributed by atoms with E-state index in [0.29, 0.717) is 6.42 Å². The topological polar surface area (TPSA) is 63.2 Å². The fourth-order valence-electron chi connectivity index (χ4n) is 0.353. The van der Waals surface area contributed by atoms with E-state index in [4.69, 9.17) is 11.6 Å². The van der Waals surface area contributed by atoms with Gasteiger partial charge in [0.1, 0.15) is 0 Å². The molecule has 0 saturated heterocycles. The van der Waals surface area contributed by atoms with Crippen molar-refractivity contribution in [3.05, 3.63) is 10.4 Å². The number of rotatable bonds is 4. The van der Waals surface area contributed by atoms with Gasteiger partial charge >= 0.3 is 0 Å². The molecule has 0 fully saturated rings. The predicted octanol–water partition coefficient (Wildman–Crippen LogP) is 0.552. The second kappa shape index (κ2) is 4.35. The van der Waals surface area contributed by atoms with Crippen LogP contribution in [0, 0.1) is 0 Å². The lowest BCUT2D eigenvalue weighted by molar-refractivity contribution is -0.108. The lowest BCUT2D eigenvalue weighted by Crippen LogP contribution is -2.18. The lowest BCUT2D eigenvalue weighted by Gasteiger charge is -1.94. The molecular formula is C5H8ClNO3S. The summed E-state index contributed by atoms with van der Waals surface area (Å²) < 4.78 is 23.0. The van der Waals surface area contributed by atoms with Crippen LogP contribution in [0.2, 0.25) is 0 Å². The molecule has 64 valence electrons. The van der Waals surface area contributed by atoms with E-state index < -0.39 is 10.0 Å². The molecule has 0 aromatic rings. The Bertz CT molecular complexity index is 257. The van der Waals surface area contributed by atoms with Gasteiger partial charge in [-0.05, 0) is 6.42 Å². The molecule has 4 nitrogen and oxygen atoms in total. The Labute approximate surface area is 70.3 Å². The van der Waals surface area contributed by atoms with Crippen molar-refractivity contribution in [3.8, 4) is 0 Å². The Morgan fingerprint density at radius 3 is 2.55 bits per heavy atom. The normalized spacial score (nSPS) is 12.7. The highest BCUT2D eigenvalue weighted by molar-refractivity contribution is 7.92. The van der Waals surface area contributed by atoms with Crippen LogP contribution in [0.1, 0.15) is 13.3 Å². The summed E-state index contributed by atoms with van der Waals surface area (Å²) in [6.45, 7) is 1.70. The van der Waals surface area contributed by atoms with Gasteiger partial charge in [-0.25, -0.2) is 8.42 Å². The van der Waals surface area contributed by atoms with Crippen LogP contribution in [-0.2, 0) is 14.8 Å². The maximum Gasteiger partial charge on any atom is 0.258 e. The summed E-state index contributed by atoms with van der Waals surface area (Å²) in [6, 6.07) is 0. The monoisotopic (exact) mass is 197 g/mol. The Morgan fingerprint density at radius 1 is 1.64 bits per heavy atom. The summed E-state index contributed by atoms with van der Waals surface area (Å²) in [5, 5.41) is 0.988. The van der Waals surface area contributed by atoms with Crippen molar-refractivity contribution in [2.24, 2.45) is 0 Å². The minimum Gasteiger partial charge on any atom is -0.278 e. The van der Waals surface area contributed by atoms with Gasteiger partial charge in [-0.2, -0.15) is 0 Å². The summed E-state index contributed by atoms with van der Waals surface area (Å²) in [6.07, 6.45) is 0.507. The van der Waals surface area contributed by atoms with Gasteiger partial charge in [0.25, 0.3) is 10.0 Å². The average molecular weight is 198 g/mol. The molecule has 0 bridgehead atoms. The Hall–Kier alpha value is -0.550. The van der Waals surface area contributed by atoms with E-state index in [2.05, 4.69) is 0 Å². The molecule has 0 aliphatic carbocycles. The quantitative estimate of drug-likeness (QED) is 0.670. The van der Waals surface area contributed by atoms with E-state index in [9.17, 15) is 13.2 Å². The number of amides is 1. The third kappa shape index (κ3) is 4.80. The molecule has 0 saturated carbocycles. The number of carbonyl (C=O) groups excluding carboxylic acids is 1. The van der Waals surface area contributed by atoms with Crippen LogP contribution in [-0.4, -0.2) is 14.8 Å². The molecule has 0 spiro atoms. The third-order valence-electron chi connectivity index (χ3n) is 0.833. The lowest BCUT2D eigenvalue weighted by atomic mass is 10.5. The van der Waals surface area contributed by atoms with Crippen LogP contribution < -0.4 is 4.72 Å². The van der Waals surface area contributed by atoms with Gasteiger partial charge in [0.15, 0.2) is 0 Å². The van der Waals surface area contributed by atoms with Gasteiger partial charge in [0, 0.05) is 5.03 Å². The predicted molar refractivity (Wildman–Crippen MR) is 42.3 cm³/mol.